The van der Waals surface area contributed by atoms with Crippen LogP contribution < -0.4 is 5.32 Å². The second-order valence-electron chi connectivity index (χ2n) is 4.65. The zero-order valence-corrected chi connectivity index (χ0v) is 11.4. The summed E-state index contributed by atoms with van der Waals surface area (Å²) in [6.07, 6.45) is 4.96. The fraction of sp³-hybridized carbons (Fsp3) is 0. The molecule has 1 N–H and O–H groups in total. The van der Waals surface area contributed by atoms with E-state index in [1.807, 2.05) is 60.7 Å². The fourth-order valence-corrected chi connectivity index (χ4v) is 2.06. The maximum Gasteiger partial charge on any atom is 0.248 e. The number of hydrogen-bond donors (Lipinski definition) is 1. The number of para-hydroxylation sites is 1. The molecule has 2 aromatic carbocycles. The monoisotopic (exact) mass is 274 g/mol. The van der Waals surface area contributed by atoms with Gasteiger partial charge in [0.15, 0.2) is 0 Å². The van der Waals surface area contributed by atoms with Crippen LogP contribution in [0.2, 0.25) is 0 Å². The molecule has 0 saturated carbocycles. The normalized spacial score (nSPS) is 10.9. The Morgan fingerprint density at radius 1 is 1.00 bits per heavy atom. The quantitative estimate of drug-likeness (QED) is 0.736. The molecule has 102 valence electrons. The van der Waals surface area contributed by atoms with Crippen molar-refractivity contribution < 1.29 is 4.79 Å². The minimum Gasteiger partial charge on any atom is -0.321 e. The van der Waals surface area contributed by atoms with E-state index in [0.29, 0.717) is 5.69 Å². The minimum atomic E-state index is -0.170. The van der Waals surface area contributed by atoms with Crippen molar-refractivity contribution in [3.05, 3.63) is 78.5 Å². The van der Waals surface area contributed by atoms with Crippen molar-refractivity contribution in [2.75, 3.05) is 5.32 Å². The predicted molar refractivity (Wildman–Crippen MR) is 85.8 cm³/mol. The molecule has 0 aliphatic rings. The average molecular weight is 274 g/mol. The first-order chi connectivity index (χ1) is 10.3. The van der Waals surface area contributed by atoms with Crippen LogP contribution in [0.1, 0.15) is 5.56 Å². The van der Waals surface area contributed by atoms with Crippen molar-refractivity contribution >= 4 is 28.6 Å². The van der Waals surface area contributed by atoms with Gasteiger partial charge in [-0.3, -0.25) is 9.78 Å². The van der Waals surface area contributed by atoms with Crippen molar-refractivity contribution in [3.63, 3.8) is 0 Å². The van der Waals surface area contributed by atoms with E-state index < -0.39 is 0 Å². The molecule has 21 heavy (non-hydrogen) atoms. The number of amides is 1. The van der Waals surface area contributed by atoms with Crippen molar-refractivity contribution in [1.82, 2.24) is 4.98 Å². The van der Waals surface area contributed by atoms with Gasteiger partial charge in [0.1, 0.15) is 0 Å². The number of rotatable bonds is 3. The molecule has 0 radical (unpaired) electrons. The van der Waals surface area contributed by atoms with E-state index in [1.165, 1.54) is 6.08 Å². The largest absolute Gasteiger partial charge is 0.321 e. The average Bonchev–Trinajstić information content (AvgIpc) is 2.54. The van der Waals surface area contributed by atoms with Gasteiger partial charge in [0, 0.05) is 11.5 Å². The summed E-state index contributed by atoms with van der Waals surface area (Å²) in [6, 6.07) is 19.4. The van der Waals surface area contributed by atoms with E-state index in [0.717, 1.165) is 16.5 Å². The molecule has 0 unspecified atom stereocenters. The first-order valence-electron chi connectivity index (χ1n) is 6.70. The van der Waals surface area contributed by atoms with Crippen molar-refractivity contribution in [1.29, 1.82) is 0 Å². The van der Waals surface area contributed by atoms with E-state index in [4.69, 9.17) is 0 Å². The molecule has 1 aromatic heterocycles. The Morgan fingerprint density at radius 2 is 1.76 bits per heavy atom. The van der Waals surface area contributed by atoms with Gasteiger partial charge in [0.2, 0.25) is 5.91 Å². The maximum absolute atomic E-state index is 11.9. The van der Waals surface area contributed by atoms with Gasteiger partial charge in [0.25, 0.3) is 0 Å². The number of carbonyl (C=O) groups is 1. The van der Waals surface area contributed by atoms with Gasteiger partial charge in [-0.05, 0) is 23.8 Å². The van der Waals surface area contributed by atoms with Crippen LogP contribution in [0.5, 0.6) is 0 Å². The number of pyridine rings is 1. The lowest BCUT2D eigenvalue weighted by Gasteiger charge is -2.03. The molecule has 0 bridgehead atoms. The predicted octanol–water partition coefficient (Wildman–Crippen LogP) is 3.89. The Labute approximate surface area is 123 Å². The van der Waals surface area contributed by atoms with E-state index >= 15 is 0 Å². The van der Waals surface area contributed by atoms with Crippen LogP contribution in [0.15, 0.2) is 72.9 Å². The summed E-state index contributed by atoms with van der Waals surface area (Å²) in [5, 5.41) is 3.82. The van der Waals surface area contributed by atoms with E-state index in [9.17, 15) is 4.79 Å². The molecule has 0 aliphatic carbocycles. The van der Waals surface area contributed by atoms with Gasteiger partial charge in [-0.1, -0.05) is 48.5 Å². The summed E-state index contributed by atoms with van der Waals surface area (Å²) in [6.45, 7) is 0. The smallest absolute Gasteiger partial charge is 0.248 e. The molecule has 0 atom stereocenters. The van der Waals surface area contributed by atoms with Gasteiger partial charge in [0.05, 0.1) is 17.4 Å². The summed E-state index contributed by atoms with van der Waals surface area (Å²) in [5.74, 6) is -0.170. The van der Waals surface area contributed by atoms with Crippen molar-refractivity contribution in [3.8, 4) is 0 Å². The molecule has 3 aromatic rings. The third-order valence-corrected chi connectivity index (χ3v) is 3.08. The number of aromatic nitrogens is 1. The zero-order valence-electron chi connectivity index (χ0n) is 11.4. The lowest BCUT2D eigenvalue weighted by Crippen LogP contribution is -2.07. The van der Waals surface area contributed by atoms with E-state index in [1.54, 1.807) is 12.3 Å². The van der Waals surface area contributed by atoms with Crippen LogP contribution in [-0.2, 0) is 4.79 Å². The highest BCUT2D eigenvalue weighted by molar-refractivity contribution is 6.02. The maximum atomic E-state index is 11.9. The van der Waals surface area contributed by atoms with Crippen LogP contribution in [0.4, 0.5) is 5.69 Å². The first-order valence-corrected chi connectivity index (χ1v) is 6.70. The Hall–Kier alpha value is -2.94. The summed E-state index contributed by atoms with van der Waals surface area (Å²) in [5.41, 5.74) is 2.59. The lowest BCUT2D eigenvalue weighted by atomic mass is 10.2. The molecular formula is C18H14N2O. The third kappa shape index (κ3) is 3.34. The number of carbonyl (C=O) groups excluding carboxylic acids is 1. The van der Waals surface area contributed by atoms with E-state index in [2.05, 4.69) is 10.3 Å². The Balaban J connectivity index is 1.73. The van der Waals surface area contributed by atoms with Crippen LogP contribution in [-0.4, -0.2) is 10.9 Å². The number of anilines is 1. The second kappa shape index (κ2) is 6.01. The van der Waals surface area contributed by atoms with Crippen LogP contribution >= 0.6 is 0 Å². The zero-order chi connectivity index (χ0) is 14.5. The number of nitrogens with zero attached hydrogens (tertiary/aromatic N) is 1. The number of fused-ring (bicyclic) bond motifs is 1. The number of benzene rings is 2. The van der Waals surface area contributed by atoms with Crippen LogP contribution in [0.25, 0.3) is 17.0 Å². The van der Waals surface area contributed by atoms with Gasteiger partial charge in [-0.15, -0.1) is 0 Å². The molecule has 3 nitrogen and oxygen atoms in total. The molecule has 0 aliphatic heterocycles. The summed E-state index contributed by atoms with van der Waals surface area (Å²) >= 11 is 0. The fourth-order valence-electron chi connectivity index (χ4n) is 2.06. The molecule has 0 fully saturated rings. The van der Waals surface area contributed by atoms with Crippen molar-refractivity contribution in [2.24, 2.45) is 0 Å². The standard InChI is InChI=1S/C18H14N2O/c21-18(11-10-14-6-2-1-3-7-14)20-16-12-15-8-4-5-9-17(15)19-13-16/h1-13H,(H,20,21). The summed E-state index contributed by atoms with van der Waals surface area (Å²) in [7, 11) is 0. The third-order valence-electron chi connectivity index (χ3n) is 3.08. The summed E-state index contributed by atoms with van der Waals surface area (Å²) < 4.78 is 0. The highest BCUT2D eigenvalue weighted by atomic mass is 16.1. The van der Waals surface area contributed by atoms with Crippen LogP contribution in [0.3, 0.4) is 0 Å². The van der Waals surface area contributed by atoms with E-state index in [-0.39, 0.29) is 5.91 Å². The Bertz CT molecular complexity index is 794. The van der Waals surface area contributed by atoms with Gasteiger partial charge in [-0.25, -0.2) is 0 Å². The second-order valence-corrected chi connectivity index (χ2v) is 4.65. The van der Waals surface area contributed by atoms with Gasteiger partial charge >= 0.3 is 0 Å². The number of hydrogen-bond acceptors (Lipinski definition) is 2. The Morgan fingerprint density at radius 3 is 2.62 bits per heavy atom. The molecule has 1 heterocycles. The topological polar surface area (TPSA) is 42.0 Å². The molecule has 0 saturated heterocycles. The van der Waals surface area contributed by atoms with Crippen LogP contribution in [0, 0.1) is 0 Å². The summed E-state index contributed by atoms with van der Waals surface area (Å²) in [4.78, 5) is 16.2. The molecule has 0 spiro atoms. The first kappa shape index (κ1) is 13.1. The van der Waals surface area contributed by atoms with Gasteiger partial charge in [-0.2, -0.15) is 0 Å². The minimum absolute atomic E-state index is 0.170. The van der Waals surface area contributed by atoms with Crippen molar-refractivity contribution in [2.45, 2.75) is 0 Å². The Kier molecular flexibility index (Phi) is 3.74. The molecule has 1 amide bonds. The molecule has 3 heteroatoms. The molecular weight excluding hydrogens is 260 g/mol. The lowest BCUT2D eigenvalue weighted by molar-refractivity contribution is -0.111. The highest BCUT2D eigenvalue weighted by Crippen LogP contribution is 2.16. The SMILES string of the molecule is O=C(C=Cc1ccccc1)Nc1cnc2ccccc2c1. The molecule has 3 rings (SSSR count). The number of nitrogens with one attached hydrogen (secondary N) is 1. The highest BCUT2D eigenvalue weighted by Gasteiger charge is 2.00. The van der Waals surface area contributed by atoms with Gasteiger partial charge < -0.3 is 5.32 Å².